The van der Waals surface area contributed by atoms with Crippen molar-refractivity contribution in [2.75, 3.05) is 21.2 Å². The Morgan fingerprint density at radius 2 is 1.76 bits per heavy atom. The second-order valence-corrected chi connectivity index (χ2v) is 12.9. The predicted molar refractivity (Wildman–Crippen MR) is 156 cm³/mol. The second kappa shape index (κ2) is 13.2. The van der Waals surface area contributed by atoms with Gasteiger partial charge in [-0.3, -0.25) is 14.4 Å². The number of hydrogen-bond acceptors (Lipinski definition) is 10. The molecule has 3 aliphatic rings. The molecule has 3 rings (SSSR count). The van der Waals surface area contributed by atoms with Crippen molar-refractivity contribution >= 4 is 17.5 Å². The number of likely N-dealkylation sites (N-methyl/N-ethyl adjacent to an activating group) is 1. The first kappa shape index (κ1) is 34.2. The maximum absolute atomic E-state index is 14.1. The summed E-state index contributed by atoms with van der Waals surface area (Å²) in [5.74, 6) is -1.85. The van der Waals surface area contributed by atoms with E-state index in [1.807, 2.05) is 59.7 Å². The SMILES string of the molecule is CC[C@H]1O/C2=C(\C)C(=O)[C@H](C)[C@@H](OC3O[C@H](C)C[C@H](N(C)C)[C@H]3OC(C)=O)[C@@](C)(OC)C[C@@H](C)C(=O)/C(C)=C/[C@@]1(C)O2. The summed E-state index contributed by atoms with van der Waals surface area (Å²) in [7, 11) is 5.38. The number of hydrogen-bond donors (Lipinski definition) is 0. The van der Waals surface area contributed by atoms with Crippen molar-refractivity contribution in [2.45, 2.75) is 130 Å². The number of Topliss-reactive ketones (excluding diaryl/α,β-unsaturated/α-hetero) is 2. The smallest absolute Gasteiger partial charge is 0.303 e. The topological polar surface area (TPSA) is 110 Å². The summed E-state index contributed by atoms with van der Waals surface area (Å²) in [6, 6.07) is -0.182. The molecule has 0 spiro atoms. The Kier molecular flexibility index (Phi) is 10.7. The van der Waals surface area contributed by atoms with E-state index in [1.54, 1.807) is 27.9 Å². The van der Waals surface area contributed by atoms with E-state index in [1.165, 1.54) is 6.92 Å². The minimum absolute atomic E-state index is 0.0583. The van der Waals surface area contributed by atoms with Gasteiger partial charge in [0, 0.05) is 25.9 Å². The minimum Gasteiger partial charge on any atom is -0.457 e. The summed E-state index contributed by atoms with van der Waals surface area (Å²) >= 11 is 0. The first-order chi connectivity index (χ1) is 19.5. The Hall–Kier alpha value is -2.27. The highest BCUT2D eigenvalue weighted by Crippen LogP contribution is 2.41. The fourth-order valence-corrected chi connectivity index (χ4v) is 6.69. The molecule has 2 fully saturated rings. The molecule has 10 atom stereocenters. The lowest BCUT2D eigenvalue weighted by atomic mass is 9.78. The van der Waals surface area contributed by atoms with Crippen molar-refractivity contribution in [3.8, 4) is 0 Å². The van der Waals surface area contributed by atoms with Gasteiger partial charge in [-0.05, 0) is 79.6 Å². The maximum atomic E-state index is 14.1. The van der Waals surface area contributed by atoms with Gasteiger partial charge in [0.15, 0.2) is 29.6 Å². The number of ketones is 2. The van der Waals surface area contributed by atoms with Gasteiger partial charge in [-0.25, -0.2) is 0 Å². The van der Waals surface area contributed by atoms with Crippen molar-refractivity contribution in [1.82, 2.24) is 4.90 Å². The van der Waals surface area contributed by atoms with E-state index < -0.39 is 47.5 Å². The predicted octanol–water partition coefficient (Wildman–Crippen LogP) is 4.35. The van der Waals surface area contributed by atoms with Crippen molar-refractivity contribution in [1.29, 1.82) is 0 Å². The van der Waals surface area contributed by atoms with Gasteiger partial charge in [-0.2, -0.15) is 0 Å². The molecule has 0 N–H and O–H groups in total. The van der Waals surface area contributed by atoms with Gasteiger partial charge < -0.3 is 33.3 Å². The zero-order valence-electron chi connectivity index (χ0n) is 27.4. The highest BCUT2D eigenvalue weighted by Gasteiger charge is 2.51. The zero-order valence-corrected chi connectivity index (χ0v) is 27.4. The third kappa shape index (κ3) is 6.93. The quantitative estimate of drug-likeness (QED) is 0.412. The van der Waals surface area contributed by atoms with E-state index in [0.29, 0.717) is 24.0 Å². The van der Waals surface area contributed by atoms with E-state index in [2.05, 4.69) is 0 Å². The summed E-state index contributed by atoms with van der Waals surface area (Å²) in [6.07, 6.45) is 0.135. The molecule has 2 bridgehead atoms. The van der Waals surface area contributed by atoms with E-state index in [0.717, 1.165) is 0 Å². The average Bonchev–Trinajstić information content (AvgIpc) is 3.25. The molecule has 0 aromatic heterocycles. The van der Waals surface area contributed by atoms with Crippen LogP contribution in [-0.2, 0) is 42.8 Å². The van der Waals surface area contributed by atoms with Gasteiger partial charge in [0.25, 0.3) is 5.95 Å². The Morgan fingerprint density at radius 1 is 1.12 bits per heavy atom. The normalized spacial score (nSPS) is 42.9. The zero-order chi connectivity index (χ0) is 31.7. The monoisotopic (exact) mass is 593 g/mol. The third-order valence-corrected chi connectivity index (χ3v) is 9.07. The molecule has 42 heavy (non-hydrogen) atoms. The average molecular weight is 594 g/mol. The third-order valence-electron chi connectivity index (χ3n) is 9.07. The van der Waals surface area contributed by atoms with Crippen LogP contribution in [-0.4, -0.2) is 91.6 Å². The molecule has 238 valence electrons. The van der Waals surface area contributed by atoms with E-state index in [9.17, 15) is 14.4 Å². The van der Waals surface area contributed by atoms with Crippen LogP contribution < -0.4 is 0 Å². The first-order valence-electron chi connectivity index (χ1n) is 15.0. The van der Waals surface area contributed by atoms with E-state index in [-0.39, 0.29) is 42.2 Å². The molecule has 0 radical (unpaired) electrons. The van der Waals surface area contributed by atoms with Crippen LogP contribution in [0, 0.1) is 11.8 Å². The van der Waals surface area contributed by atoms with Crippen LogP contribution in [0.2, 0.25) is 0 Å². The Bertz CT molecular complexity index is 1100. The molecule has 0 amide bonds. The van der Waals surface area contributed by atoms with Gasteiger partial charge >= 0.3 is 5.97 Å². The Morgan fingerprint density at radius 3 is 2.31 bits per heavy atom. The molecular formula is C32H51NO9. The lowest BCUT2D eigenvalue weighted by Gasteiger charge is -2.47. The van der Waals surface area contributed by atoms with Crippen LogP contribution in [0.15, 0.2) is 23.2 Å². The largest absolute Gasteiger partial charge is 0.457 e. The summed E-state index contributed by atoms with van der Waals surface area (Å²) in [5.41, 5.74) is -1.14. The number of esters is 1. The first-order valence-corrected chi connectivity index (χ1v) is 15.0. The molecule has 0 aliphatic carbocycles. The number of carbonyl (C=O) groups excluding carboxylic acids is 3. The van der Waals surface area contributed by atoms with Gasteiger partial charge in [0.05, 0.1) is 29.4 Å². The molecule has 2 saturated heterocycles. The fraction of sp³-hybridized carbons (Fsp3) is 0.781. The van der Waals surface area contributed by atoms with E-state index in [4.69, 9.17) is 28.4 Å². The highest BCUT2D eigenvalue weighted by molar-refractivity contribution is 5.98. The summed E-state index contributed by atoms with van der Waals surface area (Å²) in [5, 5.41) is 0. The number of methoxy groups -OCH3 is 1. The highest BCUT2D eigenvalue weighted by atomic mass is 16.7. The molecule has 0 saturated carbocycles. The van der Waals surface area contributed by atoms with Gasteiger partial charge in [-0.15, -0.1) is 0 Å². The Balaban J connectivity index is 2.15. The number of ether oxygens (including phenoxy) is 6. The lowest BCUT2D eigenvalue weighted by molar-refractivity contribution is -0.297. The van der Waals surface area contributed by atoms with Crippen LogP contribution in [0.5, 0.6) is 0 Å². The van der Waals surface area contributed by atoms with Crippen LogP contribution >= 0.6 is 0 Å². The van der Waals surface area contributed by atoms with Gasteiger partial charge in [0.1, 0.15) is 6.10 Å². The number of allylic oxidation sites excluding steroid dienone is 2. The molecule has 1 unspecified atom stereocenters. The van der Waals surface area contributed by atoms with Crippen molar-refractivity contribution in [3.63, 3.8) is 0 Å². The molecule has 3 aliphatic heterocycles. The summed E-state index contributed by atoms with van der Waals surface area (Å²) in [6.45, 7) is 16.1. The van der Waals surface area contributed by atoms with Crippen LogP contribution in [0.25, 0.3) is 0 Å². The second-order valence-electron chi connectivity index (χ2n) is 12.9. The lowest BCUT2D eigenvalue weighted by Crippen LogP contribution is -2.59. The fourth-order valence-electron chi connectivity index (χ4n) is 6.69. The molecule has 3 heterocycles. The number of rotatable bonds is 6. The maximum Gasteiger partial charge on any atom is 0.303 e. The van der Waals surface area contributed by atoms with Gasteiger partial charge in [-0.1, -0.05) is 20.8 Å². The van der Waals surface area contributed by atoms with Crippen LogP contribution in [0.1, 0.15) is 81.6 Å². The Labute approximate surface area is 251 Å². The van der Waals surface area contributed by atoms with Crippen molar-refractivity contribution in [3.05, 3.63) is 23.2 Å². The van der Waals surface area contributed by atoms with Crippen LogP contribution in [0.3, 0.4) is 0 Å². The van der Waals surface area contributed by atoms with Crippen molar-refractivity contribution in [2.24, 2.45) is 11.8 Å². The van der Waals surface area contributed by atoms with Gasteiger partial charge in [0.2, 0.25) is 0 Å². The standard InChI is InChI=1S/C32H51NO9/c1-13-24-31(8)15-17(2)25(35)18(3)16-32(9,37-12)28(20(5)26(36)21(6)29(40-24)42-31)41-30-27(39-22(7)34)23(33(10)11)14-19(4)38-30/h15,18-20,23-24,27-28,30H,13-14,16H2,1-12H3/b17-15+,29-21-/t18-,19-,20+,23+,24-,27-,28-,30?,31-,32+/m1/s1. The number of nitrogens with zero attached hydrogens (tertiary/aromatic N) is 1. The molecule has 10 heteroatoms. The number of fused-ring (bicyclic) bond motifs is 2. The summed E-state index contributed by atoms with van der Waals surface area (Å²) in [4.78, 5) is 42.0. The minimum atomic E-state index is -1.10. The number of carbonyl (C=O) groups is 3. The summed E-state index contributed by atoms with van der Waals surface area (Å²) < 4.78 is 37.3. The molecule has 0 aromatic rings. The van der Waals surface area contributed by atoms with Crippen LogP contribution in [0.4, 0.5) is 0 Å². The molecule has 10 nitrogen and oxygen atoms in total. The van der Waals surface area contributed by atoms with E-state index >= 15 is 0 Å². The molecular weight excluding hydrogens is 542 g/mol. The van der Waals surface area contributed by atoms with Crippen molar-refractivity contribution < 1.29 is 42.8 Å². The molecule has 0 aromatic carbocycles.